The van der Waals surface area contributed by atoms with E-state index >= 15 is 0 Å². The molecule has 0 saturated heterocycles. The van der Waals surface area contributed by atoms with E-state index < -0.39 is 0 Å². The van der Waals surface area contributed by atoms with Gasteiger partial charge in [-0.3, -0.25) is 4.79 Å². The average molecular weight is 243 g/mol. The molecule has 1 heterocycles. The molecule has 0 spiro atoms. The molecular weight excluding hydrogens is 226 g/mol. The fourth-order valence-electron chi connectivity index (χ4n) is 1.84. The summed E-state index contributed by atoms with van der Waals surface area (Å²) >= 11 is 0. The van der Waals surface area contributed by atoms with Crippen molar-refractivity contribution in [3.8, 4) is 11.3 Å². The number of carbonyl (C=O) groups excluding carboxylic acids is 1. The van der Waals surface area contributed by atoms with Crippen LogP contribution in [0.15, 0.2) is 36.4 Å². The molecule has 0 bridgehead atoms. The Kier molecular flexibility index (Phi) is 3.46. The molecule has 0 fully saturated rings. The van der Waals surface area contributed by atoms with Gasteiger partial charge in [-0.1, -0.05) is 44.2 Å². The highest BCUT2D eigenvalue weighted by Crippen LogP contribution is 2.22. The van der Waals surface area contributed by atoms with Crippen molar-refractivity contribution in [2.45, 2.75) is 20.3 Å². The maximum absolute atomic E-state index is 12.1. The number of rotatable bonds is 3. The number of hydrogen-bond acceptors (Lipinski definition) is 3. The Balaban J connectivity index is 2.40. The summed E-state index contributed by atoms with van der Waals surface area (Å²) in [6, 6.07) is 11.4. The standard InChI is InChI=1S/C14H17N3O/c1-10(2)8-14(18)17-12(9-13(15)16-17)11-6-4-3-5-7-11/h3-7,9-10H,8H2,1-2H3,(H2,15,16). The van der Waals surface area contributed by atoms with Crippen molar-refractivity contribution in [2.75, 3.05) is 5.73 Å². The Morgan fingerprint density at radius 3 is 2.61 bits per heavy atom. The van der Waals surface area contributed by atoms with Crippen molar-refractivity contribution in [2.24, 2.45) is 5.92 Å². The predicted octanol–water partition coefficient (Wildman–Crippen LogP) is 2.82. The Labute approximate surface area is 106 Å². The van der Waals surface area contributed by atoms with Gasteiger partial charge in [0.25, 0.3) is 0 Å². The van der Waals surface area contributed by atoms with E-state index in [1.54, 1.807) is 6.07 Å². The minimum Gasteiger partial charge on any atom is -0.382 e. The summed E-state index contributed by atoms with van der Waals surface area (Å²) in [5.41, 5.74) is 7.39. The molecular formula is C14H17N3O. The van der Waals surface area contributed by atoms with Gasteiger partial charge < -0.3 is 5.73 Å². The molecule has 4 heteroatoms. The molecule has 18 heavy (non-hydrogen) atoms. The molecule has 2 N–H and O–H groups in total. The number of aromatic nitrogens is 2. The minimum atomic E-state index is -0.0273. The lowest BCUT2D eigenvalue weighted by atomic mass is 10.1. The molecule has 0 aliphatic heterocycles. The first kappa shape index (κ1) is 12.4. The van der Waals surface area contributed by atoms with Crippen molar-refractivity contribution in [1.29, 1.82) is 0 Å². The van der Waals surface area contributed by atoms with Crippen LogP contribution in [0.5, 0.6) is 0 Å². The number of anilines is 1. The number of nitrogens with two attached hydrogens (primary N) is 1. The van der Waals surface area contributed by atoms with Crippen LogP contribution in [0.2, 0.25) is 0 Å². The molecule has 94 valence electrons. The first-order valence-corrected chi connectivity index (χ1v) is 6.02. The van der Waals surface area contributed by atoms with Crippen LogP contribution in [0.1, 0.15) is 25.1 Å². The van der Waals surface area contributed by atoms with Gasteiger partial charge in [-0.2, -0.15) is 4.68 Å². The van der Waals surface area contributed by atoms with E-state index in [0.717, 1.165) is 11.3 Å². The van der Waals surface area contributed by atoms with Crippen LogP contribution < -0.4 is 5.73 Å². The van der Waals surface area contributed by atoms with E-state index in [4.69, 9.17) is 5.73 Å². The second kappa shape index (κ2) is 5.04. The molecule has 0 radical (unpaired) electrons. The third kappa shape index (κ3) is 2.59. The molecule has 2 rings (SSSR count). The lowest BCUT2D eigenvalue weighted by molar-refractivity contribution is 0.0873. The molecule has 0 aliphatic carbocycles. The van der Waals surface area contributed by atoms with Crippen LogP contribution in [0, 0.1) is 5.92 Å². The second-order valence-corrected chi connectivity index (χ2v) is 4.72. The van der Waals surface area contributed by atoms with E-state index in [2.05, 4.69) is 5.10 Å². The third-order valence-corrected chi connectivity index (χ3v) is 2.62. The van der Waals surface area contributed by atoms with Gasteiger partial charge in [0.2, 0.25) is 5.91 Å². The maximum Gasteiger partial charge on any atom is 0.247 e. The molecule has 0 amide bonds. The SMILES string of the molecule is CC(C)CC(=O)n1nc(N)cc1-c1ccccc1. The van der Waals surface area contributed by atoms with Gasteiger partial charge in [-0.25, -0.2) is 0 Å². The quantitative estimate of drug-likeness (QED) is 0.901. The number of benzene rings is 1. The zero-order valence-corrected chi connectivity index (χ0v) is 10.6. The minimum absolute atomic E-state index is 0.0273. The smallest absolute Gasteiger partial charge is 0.247 e. The second-order valence-electron chi connectivity index (χ2n) is 4.72. The van der Waals surface area contributed by atoms with Gasteiger partial charge >= 0.3 is 0 Å². The van der Waals surface area contributed by atoms with Gasteiger partial charge in [0, 0.05) is 18.1 Å². The fraction of sp³-hybridized carbons (Fsp3) is 0.286. The Hall–Kier alpha value is -2.10. The van der Waals surface area contributed by atoms with Crippen LogP contribution in [0.25, 0.3) is 11.3 Å². The summed E-state index contributed by atoms with van der Waals surface area (Å²) in [5.74, 6) is 0.637. The van der Waals surface area contributed by atoms with Crippen molar-refractivity contribution < 1.29 is 4.79 Å². The zero-order chi connectivity index (χ0) is 13.1. The Morgan fingerprint density at radius 2 is 2.00 bits per heavy atom. The molecule has 0 saturated carbocycles. The lowest BCUT2D eigenvalue weighted by Crippen LogP contribution is -2.16. The molecule has 0 atom stereocenters. The van der Waals surface area contributed by atoms with E-state index in [0.29, 0.717) is 18.2 Å². The normalized spacial score (nSPS) is 10.8. The van der Waals surface area contributed by atoms with E-state index in [9.17, 15) is 4.79 Å². The van der Waals surface area contributed by atoms with E-state index in [1.807, 2.05) is 44.2 Å². The first-order chi connectivity index (χ1) is 8.58. The molecule has 0 aliphatic rings. The van der Waals surface area contributed by atoms with Crippen molar-refractivity contribution in [3.63, 3.8) is 0 Å². The zero-order valence-electron chi connectivity index (χ0n) is 10.6. The molecule has 2 aromatic rings. The van der Waals surface area contributed by atoms with Crippen LogP contribution >= 0.6 is 0 Å². The topological polar surface area (TPSA) is 60.9 Å². The van der Waals surface area contributed by atoms with Crippen LogP contribution in [-0.2, 0) is 0 Å². The fourth-order valence-corrected chi connectivity index (χ4v) is 1.84. The van der Waals surface area contributed by atoms with Gasteiger partial charge in [0.05, 0.1) is 5.69 Å². The van der Waals surface area contributed by atoms with Crippen molar-refractivity contribution in [1.82, 2.24) is 9.78 Å². The number of nitrogen functional groups attached to an aromatic ring is 1. The van der Waals surface area contributed by atoms with Crippen molar-refractivity contribution in [3.05, 3.63) is 36.4 Å². The highest BCUT2D eigenvalue weighted by molar-refractivity contribution is 5.84. The summed E-state index contributed by atoms with van der Waals surface area (Å²) in [4.78, 5) is 12.1. The van der Waals surface area contributed by atoms with Crippen LogP contribution in [-0.4, -0.2) is 15.7 Å². The number of carbonyl (C=O) groups is 1. The lowest BCUT2D eigenvalue weighted by Gasteiger charge is -2.07. The monoisotopic (exact) mass is 243 g/mol. The molecule has 1 aromatic heterocycles. The summed E-state index contributed by atoms with van der Waals surface area (Å²) in [6.07, 6.45) is 0.459. The summed E-state index contributed by atoms with van der Waals surface area (Å²) in [7, 11) is 0. The predicted molar refractivity (Wildman–Crippen MR) is 72.2 cm³/mol. The van der Waals surface area contributed by atoms with Crippen LogP contribution in [0.4, 0.5) is 5.82 Å². The third-order valence-electron chi connectivity index (χ3n) is 2.62. The van der Waals surface area contributed by atoms with Crippen LogP contribution in [0.3, 0.4) is 0 Å². The molecule has 4 nitrogen and oxygen atoms in total. The molecule has 1 aromatic carbocycles. The maximum atomic E-state index is 12.1. The highest BCUT2D eigenvalue weighted by atomic mass is 16.2. The summed E-state index contributed by atoms with van der Waals surface area (Å²) in [6.45, 7) is 4.01. The van der Waals surface area contributed by atoms with E-state index in [1.165, 1.54) is 4.68 Å². The largest absolute Gasteiger partial charge is 0.382 e. The van der Waals surface area contributed by atoms with Crippen molar-refractivity contribution >= 4 is 11.7 Å². The Morgan fingerprint density at radius 1 is 1.33 bits per heavy atom. The molecule has 0 unspecified atom stereocenters. The van der Waals surface area contributed by atoms with E-state index in [-0.39, 0.29) is 5.91 Å². The average Bonchev–Trinajstić information content (AvgIpc) is 2.72. The van der Waals surface area contributed by atoms with Gasteiger partial charge in [0.15, 0.2) is 0 Å². The first-order valence-electron chi connectivity index (χ1n) is 6.02. The number of nitrogens with zero attached hydrogens (tertiary/aromatic N) is 2. The van der Waals surface area contributed by atoms with Gasteiger partial charge in [0.1, 0.15) is 5.82 Å². The number of hydrogen-bond donors (Lipinski definition) is 1. The summed E-state index contributed by atoms with van der Waals surface area (Å²) < 4.78 is 1.41. The summed E-state index contributed by atoms with van der Waals surface area (Å²) in [5, 5.41) is 4.08. The Bertz CT molecular complexity index is 543. The van der Waals surface area contributed by atoms with Gasteiger partial charge in [-0.05, 0) is 5.92 Å². The highest BCUT2D eigenvalue weighted by Gasteiger charge is 2.15. The van der Waals surface area contributed by atoms with Gasteiger partial charge in [-0.15, -0.1) is 5.10 Å².